The van der Waals surface area contributed by atoms with E-state index in [1.165, 1.54) is 12.8 Å². The highest BCUT2D eigenvalue weighted by Gasteiger charge is 2.23. The largest absolute Gasteiger partial charge is 0.381 e. The van der Waals surface area contributed by atoms with Crippen molar-refractivity contribution in [3.05, 3.63) is 6.33 Å². The summed E-state index contributed by atoms with van der Waals surface area (Å²) >= 11 is 3.35. The summed E-state index contributed by atoms with van der Waals surface area (Å²) in [6.45, 7) is 5.76. The normalized spacial score (nSPS) is 19.3. The molecule has 3 heterocycles. The molecular weight excluding hydrogens is 304 g/mol. The fourth-order valence-corrected chi connectivity index (χ4v) is 4.24. The summed E-state index contributed by atoms with van der Waals surface area (Å²) in [5.74, 6) is 1.63. The zero-order valence-electron chi connectivity index (χ0n) is 12.4. The Morgan fingerprint density at radius 1 is 1.48 bits per heavy atom. The highest BCUT2D eigenvalue weighted by atomic mass is 32.2. The van der Waals surface area contributed by atoms with Crippen LogP contribution in [0.5, 0.6) is 0 Å². The molecule has 1 aliphatic rings. The Morgan fingerprint density at radius 3 is 3.19 bits per heavy atom. The number of hydrogen-bond donors (Lipinski definition) is 0. The number of fused-ring (bicyclic) bond motifs is 1. The molecule has 0 radical (unpaired) electrons. The Bertz CT molecular complexity index is 604. The van der Waals surface area contributed by atoms with Gasteiger partial charge in [0, 0.05) is 19.7 Å². The van der Waals surface area contributed by atoms with Crippen molar-refractivity contribution in [3.8, 4) is 0 Å². The Morgan fingerprint density at radius 2 is 2.38 bits per heavy atom. The highest BCUT2D eigenvalue weighted by Crippen LogP contribution is 2.34. The number of aromatic nitrogens is 3. The second-order valence-electron chi connectivity index (χ2n) is 5.15. The van der Waals surface area contributed by atoms with Crippen LogP contribution in [0.15, 0.2) is 10.7 Å². The maximum Gasteiger partial charge on any atom is 0.176 e. The summed E-state index contributed by atoms with van der Waals surface area (Å²) in [5.41, 5.74) is 0.821. The molecule has 0 aliphatic carbocycles. The molecule has 3 rings (SSSR count). The Labute approximate surface area is 133 Å². The molecule has 1 aliphatic heterocycles. The fourth-order valence-electron chi connectivity index (χ4n) is 2.71. The molecule has 0 saturated carbocycles. The number of hydrogen-bond acceptors (Lipinski definition) is 7. The van der Waals surface area contributed by atoms with Crippen LogP contribution in [0, 0.1) is 5.92 Å². The lowest BCUT2D eigenvalue weighted by atomic mass is 9.99. The van der Waals surface area contributed by atoms with Gasteiger partial charge in [0.15, 0.2) is 15.8 Å². The van der Waals surface area contributed by atoms with E-state index in [9.17, 15) is 0 Å². The molecule has 0 aromatic carbocycles. The minimum absolute atomic E-state index is 0.594. The van der Waals surface area contributed by atoms with Gasteiger partial charge in [0.25, 0.3) is 0 Å². The molecular formula is C14H20N4OS2. The van der Waals surface area contributed by atoms with Crippen LogP contribution in [0.1, 0.15) is 19.8 Å². The van der Waals surface area contributed by atoms with Crippen molar-refractivity contribution < 1.29 is 4.74 Å². The van der Waals surface area contributed by atoms with Gasteiger partial charge in [-0.15, -0.1) is 11.3 Å². The molecule has 114 valence electrons. The number of piperidine rings is 1. The van der Waals surface area contributed by atoms with E-state index in [1.54, 1.807) is 29.4 Å². The predicted octanol–water partition coefficient (Wildman–Crippen LogP) is 3.06. The quantitative estimate of drug-likeness (QED) is 0.788. The van der Waals surface area contributed by atoms with Crippen LogP contribution in [-0.4, -0.2) is 47.5 Å². The van der Waals surface area contributed by atoms with Crippen LogP contribution in [-0.2, 0) is 4.74 Å². The van der Waals surface area contributed by atoms with Gasteiger partial charge in [-0.2, -0.15) is 0 Å². The summed E-state index contributed by atoms with van der Waals surface area (Å²) in [4.78, 5) is 15.7. The molecule has 1 unspecified atom stereocenters. The monoisotopic (exact) mass is 324 g/mol. The van der Waals surface area contributed by atoms with E-state index in [1.807, 2.05) is 6.26 Å². The maximum absolute atomic E-state index is 5.59. The van der Waals surface area contributed by atoms with Gasteiger partial charge in [0.2, 0.25) is 0 Å². The molecule has 0 spiro atoms. The summed E-state index contributed by atoms with van der Waals surface area (Å²) in [7, 11) is 0. The Hall–Kier alpha value is -0.920. The van der Waals surface area contributed by atoms with E-state index in [2.05, 4.69) is 26.8 Å². The first-order valence-electron chi connectivity index (χ1n) is 7.30. The Balaban J connectivity index is 1.83. The molecule has 2 aromatic rings. The van der Waals surface area contributed by atoms with Gasteiger partial charge >= 0.3 is 0 Å². The van der Waals surface area contributed by atoms with E-state index in [-0.39, 0.29) is 0 Å². The van der Waals surface area contributed by atoms with Crippen LogP contribution in [0.2, 0.25) is 0 Å². The van der Waals surface area contributed by atoms with Crippen molar-refractivity contribution in [2.24, 2.45) is 5.92 Å². The number of thiazole rings is 1. The van der Waals surface area contributed by atoms with Crippen molar-refractivity contribution >= 4 is 39.3 Å². The molecule has 1 fully saturated rings. The molecule has 1 saturated heterocycles. The van der Waals surface area contributed by atoms with Crippen molar-refractivity contribution in [2.75, 3.05) is 37.5 Å². The van der Waals surface area contributed by atoms with Crippen molar-refractivity contribution in [1.82, 2.24) is 15.0 Å². The van der Waals surface area contributed by atoms with Gasteiger partial charge in [-0.05, 0) is 31.9 Å². The summed E-state index contributed by atoms with van der Waals surface area (Å²) in [5, 5.41) is 0. The van der Waals surface area contributed by atoms with E-state index in [0.717, 1.165) is 46.8 Å². The lowest BCUT2D eigenvalue weighted by Gasteiger charge is -2.33. The first kappa shape index (κ1) is 15.0. The number of ether oxygens (including phenoxy) is 1. The number of rotatable bonds is 5. The first-order valence-corrected chi connectivity index (χ1v) is 9.34. The molecule has 2 aromatic heterocycles. The summed E-state index contributed by atoms with van der Waals surface area (Å²) < 4.78 is 7.75. The minimum Gasteiger partial charge on any atom is -0.381 e. The lowest BCUT2D eigenvalue weighted by Crippen LogP contribution is -2.37. The van der Waals surface area contributed by atoms with E-state index >= 15 is 0 Å². The molecule has 0 amide bonds. The van der Waals surface area contributed by atoms with Gasteiger partial charge in [-0.3, -0.25) is 0 Å². The van der Waals surface area contributed by atoms with Gasteiger partial charge in [-0.25, -0.2) is 15.0 Å². The number of thioether (sulfide) groups is 1. The van der Waals surface area contributed by atoms with Crippen LogP contribution in [0.3, 0.4) is 0 Å². The predicted molar refractivity (Wildman–Crippen MR) is 88.4 cm³/mol. The number of anilines is 1. The average molecular weight is 324 g/mol. The smallest absolute Gasteiger partial charge is 0.176 e. The zero-order chi connectivity index (χ0) is 14.7. The summed E-state index contributed by atoms with van der Waals surface area (Å²) in [6.07, 6.45) is 6.11. The molecule has 21 heavy (non-hydrogen) atoms. The maximum atomic E-state index is 5.59. The molecule has 1 atom stereocenters. The molecule has 0 bridgehead atoms. The third kappa shape index (κ3) is 3.30. The van der Waals surface area contributed by atoms with Gasteiger partial charge in [0.05, 0.1) is 6.61 Å². The summed E-state index contributed by atoms with van der Waals surface area (Å²) in [6, 6.07) is 0. The SMILES string of the molecule is CCOCC1CCCN(c2ncnc3nc(SC)sc23)C1. The third-order valence-corrected chi connectivity index (χ3v) is 5.73. The van der Waals surface area contributed by atoms with Crippen LogP contribution in [0.4, 0.5) is 5.82 Å². The standard InChI is InChI=1S/C14H20N4OS2/c1-3-19-8-10-5-4-6-18(7-10)13-11-12(15-9-16-13)17-14(20-2)21-11/h9-10H,3-8H2,1-2H3. The van der Waals surface area contributed by atoms with Crippen LogP contribution >= 0.6 is 23.1 Å². The van der Waals surface area contributed by atoms with Crippen molar-refractivity contribution in [1.29, 1.82) is 0 Å². The van der Waals surface area contributed by atoms with Crippen LogP contribution < -0.4 is 4.90 Å². The third-order valence-electron chi connectivity index (χ3n) is 3.70. The molecule has 0 N–H and O–H groups in total. The van der Waals surface area contributed by atoms with Gasteiger partial charge in [-0.1, -0.05) is 11.8 Å². The van der Waals surface area contributed by atoms with Crippen molar-refractivity contribution in [3.63, 3.8) is 0 Å². The lowest BCUT2D eigenvalue weighted by molar-refractivity contribution is 0.104. The van der Waals surface area contributed by atoms with E-state index in [4.69, 9.17) is 4.74 Å². The second kappa shape index (κ2) is 6.89. The first-order chi connectivity index (χ1) is 10.3. The topological polar surface area (TPSA) is 51.1 Å². The average Bonchev–Trinajstić information content (AvgIpc) is 2.96. The van der Waals surface area contributed by atoms with E-state index in [0.29, 0.717) is 5.92 Å². The molecule has 5 nitrogen and oxygen atoms in total. The highest BCUT2D eigenvalue weighted by molar-refractivity contribution is 8.00. The molecule has 7 heteroatoms. The van der Waals surface area contributed by atoms with Gasteiger partial charge < -0.3 is 9.64 Å². The number of nitrogens with zero attached hydrogens (tertiary/aromatic N) is 4. The van der Waals surface area contributed by atoms with Crippen LogP contribution in [0.25, 0.3) is 10.3 Å². The second-order valence-corrected chi connectivity index (χ2v) is 7.20. The minimum atomic E-state index is 0.594. The Kier molecular flexibility index (Phi) is 4.92. The van der Waals surface area contributed by atoms with Gasteiger partial charge in [0.1, 0.15) is 11.0 Å². The fraction of sp³-hybridized carbons (Fsp3) is 0.643. The van der Waals surface area contributed by atoms with Crippen molar-refractivity contribution in [2.45, 2.75) is 24.1 Å². The van der Waals surface area contributed by atoms with E-state index < -0.39 is 0 Å². The zero-order valence-corrected chi connectivity index (χ0v) is 14.0.